The Morgan fingerprint density at radius 3 is 1.93 bits per heavy atom. The normalized spacial score (nSPS) is 12.9. The molecule has 0 saturated heterocycles. The minimum absolute atomic E-state index is 0.150. The van der Waals surface area contributed by atoms with Gasteiger partial charge in [-0.2, -0.15) is 0 Å². The second-order valence-corrected chi connectivity index (χ2v) is 7.38. The van der Waals surface area contributed by atoms with Crippen LogP contribution in [0, 0.1) is 10.1 Å². The first-order valence-corrected chi connectivity index (χ1v) is 9.45. The maximum absolute atomic E-state index is 12.7. The second-order valence-electron chi connectivity index (χ2n) is 5.87. The number of non-ortho nitro benzene ring substituents is 1. The van der Waals surface area contributed by atoms with Gasteiger partial charge in [-0.15, -0.1) is 0 Å². The third kappa shape index (κ3) is 4.77. The molecule has 9 nitrogen and oxygen atoms in total. The molecule has 160 valence electrons. The van der Waals surface area contributed by atoms with Crippen LogP contribution in [0.4, 0.5) is 5.69 Å². The molecule has 0 spiro atoms. The van der Waals surface area contributed by atoms with E-state index in [1.165, 1.54) is 12.1 Å². The number of carbonyl (C=O) groups is 2. The van der Waals surface area contributed by atoms with E-state index in [1.807, 2.05) is 0 Å². The van der Waals surface area contributed by atoms with Crippen molar-refractivity contribution >= 4 is 64.0 Å². The molecule has 0 bridgehead atoms. The van der Waals surface area contributed by atoms with Gasteiger partial charge in [0.25, 0.3) is 11.6 Å². The number of rotatable bonds is 7. The van der Waals surface area contributed by atoms with Gasteiger partial charge in [0.1, 0.15) is 6.10 Å². The van der Waals surface area contributed by atoms with Crippen molar-refractivity contribution in [2.75, 3.05) is 6.61 Å². The highest BCUT2D eigenvalue weighted by Crippen LogP contribution is 2.41. The van der Waals surface area contributed by atoms with Crippen LogP contribution in [-0.4, -0.2) is 44.8 Å². The van der Waals surface area contributed by atoms with Crippen molar-refractivity contribution in [3.8, 4) is 0 Å². The predicted octanol–water partition coefficient (Wildman–Crippen LogP) is 3.73. The molecule has 0 aliphatic rings. The molecular formula is C17H12Cl4N2O7. The minimum Gasteiger partial charge on any atom is -0.478 e. The Labute approximate surface area is 188 Å². The van der Waals surface area contributed by atoms with Crippen LogP contribution in [0.3, 0.4) is 0 Å². The topological polar surface area (TPSA) is 150 Å². The van der Waals surface area contributed by atoms with Gasteiger partial charge in [0.05, 0.1) is 48.8 Å². The summed E-state index contributed by atoms with van der Waals surface area (Å²) in [6.07, 6.45) is -1.50. The van der Waals surface area contributed by atoms with Crippen molar-refractivity contribution in [3.63, 3.8) is 0 Å². The first-order chi connectivity index (χ1) is 14.0. The van der Waals surface area contributed by atoms with Gasteiger partial charge >= 0.3 is 5.97 Å². The van der Waals surface area contributed by atoms with E-state index in [0.717, 1.165) is 12.1 Å². The van der Waals surface area contributed by atoms with Crippen LogP contribution in [0.15, 0.2) is 24.3 Å². The minimum atomic E-state index is -1.61. The summed E-state index contributed by atoms with van der Waals surface area (Å²) in [4.78, 5) is 34.4. The molecule has 30 heavy (non-hydrogen) atoms. The third-order valence-electron chi connectivity index (χ3n) is 4.05. The number of carboxylic acids is 1. The lowest BCUT2D eigenvalue weighted by Crippen LogP contribution is -2.42. The summed E-state index contributed by atoms with van der Waals surface area (Å²) in [5.74, 6) is -2.71. The highest BCUT2D eigenvalue weighted by molar-refractivity contribution is 6.54. The largest absolute Gasteiger partial charge is 0.478 e. The summed E-state index contributed by atoms with van der Waals surface area (Å²) < 4.78 is 0. The molecule has 13 heteroatoms. The Morgan fingerprint density at radius 2 is 1.50 bits per heavy atom. The molecule has 0 fully saturated rings. The molecule has 0 aromatic heterocycles. The zero-order chi connectivity index (χ0) is 22.7. The number of carboxylic acid groups (broad SMARTS) is 1. The summed E-state index contributed by atoms with van der Waals surface area (Å²) in [5, 5.41) is 40.7. The number of hydrogen-bond donors (Lipinski definition) is 4. The van der Waals surface area contributed by atoms with E-state index in [1.54, 1.807) is 0 Å². The molecule has 2 atom stereocenters. The van der Waals surface area contributed by atoms with E-state index in [-0.39, 0.29) is 21.3 Å². The highest BCUT2D eigenvalue weighted by Gasteiger charge is 2.31. The van der Waals surface area contributed by atoms with Crippen molar-refractivity contribution in [2.45, 2.75) is 12.1 Å². The molecule has 0 heterocycles. The molecule has 0 aliphatic carbocycles. The average molecular weight is 498 g/mol. The van der Waals surface area contributed by atoms with E-state index >= 15 is 0 Å². The Balaban J connectivity index is 2.40. The maximum atomic E-state index is 12.7. The lowest BCUT2D eigenvalue weighted by molar-refractivity contribution is -0.384. The number of nitro benzene ring substituents is 1. The van der Waals surface area contributed by atoms with Crippen molar-refractivity contribution in [1.29, 1.82) is 0 Å². The number of benzene rings is 2. The zero-order valence-corrected chi connectivity index (χ0v) is 17.6. The van der Waals surface area contributed by atoms with E-state index < -0.39 is 56.7 Å². The molecule has 4 N–H and O–H groups in total. The fourth-order valence-electron chi connectivity index (χ4n) is 2.54. The van der Waals surface area contributed by atoms with Gasteiger partial charge in [-0.3, -0.25) is 14.9 Å². The van der Waals surface area contributed by atoms with Crippen LogP contribution in [0.25, 0.3) is 0 Å². The predicted molar refractivity (Wildman–Crippen MR) is 110 cm³/mol. The van der Waals surface area contributed by atoms with E-state index in [4.69, 9.17) is 46.4 Å². The monoisotopic (exact) mass is 496 g/mol. The Morgan fingerprint density at radius 1 is 1.00 bits per heavy atom. The SMILES string of the molecule is O=C(O)c1c(Cl)c(Cl)c(Cl)c(Cl)c1C(=O)N[C@@H](CO)[C@H](O)c1ccc([N+](=O)[O-])cc1. The van der Waals surface area contributed by atoms with Gasteiger partial charge < -0.3 is 20.6 Å². The van der Waals surface area contributed by atoms with E-state index in [9.17, 15) is 35.0 Å². The maximum Gasteiger partial charge on any atom is 0.338 e. The van der Waals surface area contributed by atoms with Gasteiger partial charge in [-0.25, -0.2) is 4.79 Å². The van der Waals surface area contributed by atoms with Crippen molar-refractivity contribution in [2.24, 2.45) is 0 Å². The molecule has 2 rings (SSSR count). The van der Waals surface area contributed by atoms with Crippen molar-refractivity contribution < 1.29 is 29.8 Å². The number of hydrogen-bond acceptors (Lipinski definition) is 6. The van der Waals surface area contributed by atoms with Gasteiger partial charge in [0, 0.05) is 12.1 Å². The van der Waals surface area contributed by atoms with Crippen LogP contribution in [0.1, 0.15) is 32.4 Å². The smallest absolute Gasteiger partial charge is 0.338 e. The third-order valence-corrected chi connectivity index (χ3v) is 5.85. The first kappa shape index (κ1) is 24.1. The Bertz CT molecular complexity index is 1010. The van der Waals surface area contributed by atoms with E-state index in [0.29, 0.717) is 0 Å². The second kappa shape index (κ2) is 9.78. The van der Waals surface area contributed by atoms with Gasteiger partial charge in [-0.05, 0) is 17.7 Å². The molecule has 0 unspecified atom stereocenters. The fourth-order valence-corrected chi connectivity index (χ4v) is 3.56. The van der Waals surface area contributed by atoms with Crippen LogP contribution < -0.4 is 5.32 Å². The van der Waals surface area contributed by atoms with Gasteiger partial charge in [-0.1, -0.05) is 46.4 Å². The van der Waals surface area contributed by atoms with Gasteiger partial charge in [0.2, 0.25) is 0 Å². The van der Waals surface area contributed by atoms with Crippen molar-refractivity contribution in [3.05, 3.63) is 71.2 Å². The zero-order valence-electron chi connectivity index (χ0n) is 14.6. The summed E-state index contributed by atoms with van der Waals surface area (Å²) >= 11 is 23.6. The van der Waals surface area contributed by atoms with Crippen molar-refractivity contribution in [1.82, 2.24) is 5.32 Å². The lowest BCUT2D eigenvalue weighted by Gasteiger charge is -2.23. The number of amides is 1. The standard InChI is InChI=1S/C17H12Cl4N2O7/c18-11-9(10(17(27)28)12(19)14(21)13(11)20)16(26)22-8(5-24)15(25)6-1-3-7(4-2-6)23(29)30/h1-4,8,15,24-25H,5H2,(H,22,26)(H,27,28)/t8-,15+/m0/s1. The molecule has 0 aliphatic heterocycles. The highest BCUT2D eigenvalue weighted by atomic mass is 35.5. The number of aliphatic hydroxyl groups is 2. The Hall–Kier alpha value is -2.14. The number of aromatic carboxylic acids is 1. The quantitative estimate of drug-likeness (QED) is 0.197. The van der Waals surface area contributed by atoms with Crippen LogP contribution in [0.5, 0.6) is 0 Å². The van der Waals surface area contributed by atoms with E-state index in [2.05, 4.69) is 5.32 Å². The lowest BCUT2D eigenvalue weighted by atomic mass is 10.0. The molecular weight excluding hydrogens is 486 g/mol. The number of carbonyl (C=O) groups excluding carboxylic acids is 1. The van der Waals surface area contributed by atoms with Crippen LogP contribution >= 0.6 is 46.4 Å². The number of nitrogens with zero attached hydrogens (tertiary/aromatic N) is 1. The fraction of sp³-hybridized carbons (Fsp3) is 0.176. The number of halogens is 4. The number of nitro groups is 1. The Kier molecular flexibility index (Phi) is 7.87. The number of nitrogens with one attached hydrogen (secondary N) is 1. The summed E-state index contributed by atoms with van der Waals surface area (Å²) in [7, 11) is 0. The molecule has 2 aromatic carbocycles. The summed E-state index contributed by atoms with van der Waals surface area (Å²) in [6.45, 7) is -0.765. The summed E-state index contributed by atoms with van der Waals surface area (Å²) in [6, 6.07) is 3.41. The van der Waals surface area contributed by atoms with Crippen LogP contribution in [0.2, 0.25) is 20.1 Å². The van der Waals surface area contributed by atoms with Gasteiger partial charge in [0.15, 0.2) is 0 Å². The van der Waals surface area contributed by atoms with Crippen LogP contribution in [-0.2, 0) is 0 Å². The average Bonchev–Trinajstić information content (AvgIpc) is 2.71. The molecule has 0 radical (unpaired) electrons. The molecule has 1 amide bonds. The molecule has 2 aromatic rings. The number of aliphatic hydroxyl groups excluding tert-OH is 2. The first-order valence-electron chi connectivity index (χ1n) is 7.94. The molecule has 0 saturated carbocycles. The summed E-state index contributed by atoms with van der Waals surface area (Å²) in [5.41, 5.74) is -1.40.